The van der Waals surface area contributed by atoms with Gasteiger partial charge in [0.25, 0.3) is 5.91 Å². The predicted molar refractivity (Wildman–Crippen MR) is 142 cm³/mol. The zero-order valence-electron chi connectivity index (χ0n) is 23.4. The van der Waals surface area contributed by atoms with E-state index in [1.165, 1.54) is 11.0 Å². The van der Waals surface area contributed by atoms with E-state index in [2.05, 4.69) is 30.8 Å². The molecule has 2 atom stereocenters. The normalized spacial score (nSPS) is 20.6. The van der Waals surface area contributed by atoms with Gasteiger partial charge in [-0.05, 0) is 62.3 Å². The van der Waals surface area contributed by atoms with Crippen molar-refractivity contribution >= 4 is 17.6 Å². The van der Waals surface area contributed by atoms with E-state index >= 15 is 0 Å². The van der Waals surface area contributed by atoms with Crippen LogP contribution in [0.5, 0.6) is 0 Å². The van der Waals surface area contributed by atoms with Gasteiger partial charge in [-0.1, -0.05) is 0 Å². The van der Waals surface area contributed by atoms with Gasteiger partial charge in [0.05, 0.1) is 42.6 Å². The highest BCUT2D eigenvalue weighted by atomic mass is 19.4. The van der Waals surface area contributed by atoms with Crippen molar-refractivity contribution in [2.75, 3.05) is 0 Å². The average molecular weight is 609 g/mol. The first-order valence-electron chi connectivity index (χ1n) is 14.7. The Labute approximate surface area is 243 Å². The topological polar surface area (TPSA) is 119 Å². The Bertz CT molecular complexity index is 1470. The standard InChI is InChI=1S/C28H33F5N8O2/c29-27(30)9-5-18(6-10-27)24(38-25(43)20-13-34-41(39-20)14-16-1-2-16)21-15-40-12-8-19(35-26(40)36-21)23(17-3-4-17)37-22(42)7-11-28(31,32)33/h8,12-13,15-18,23-24H,1-7,9-11,14H2,(H,37,42)(H,38,43). The van der Waals surface area contributed by atoms with E-state index in [-0.39, 0.29) is 49.0 Å². The lowest BCUT2D eigenvalue weighted by molar-refractivity contribution is -0.144. The quantitative estimate of drug-likeness (QED) is 0.298. The summed E-state index contributed by atoms with van der Waals surface area (Å²) < 4.78 is 67.5. The molecule has 0 aliphatic heterocycles. The second kappa shape index (κ2) is 11.5. The maximum atomic E-state index is 14.0. The molecule has 43 heavy (non-hydrogen) atoms. The summed E-state index contributed by atoms with van der Waals surface area (Å²) in [6, 6.07) is 0.433. The van der Waals surface area contributed by atoms with Gasteiger partial charge < -0.3 is 10.6 Å². The average Bonchev–Trinajstić information content (AvgIpc) is 3.87. The molecular weight excluding hydrogens is 575 g/mol. The van der Waals surface area contributed by atoms with Crippen molar-refractivity contribution in [3.05, 3.63) is 41.7 Å². The summed E-state index contributed by atoms with van der Waals surface area (Å²) in [5.41, 5.74) is 1.04. The molecule has 3 heterocycles. The number of hydrogen-bond donors (Lipinski definition) is 2. The lowest BCUT2D eigenvalue weighted by atomic mass is 9.81. The molecule has 2 unspecified atom stereocenters. The summed E-state index contributed by atoms with van der Waals surface area (Å²) in [6.07, 6.45) is 2.06. The summed E-state index contributed by atoms with van der Waals surface area (Å²) >= 11 is 0. The molecule has 0 bridgehead atoms. The number of nitrogens with zero attached hydrogens (tertiary/aromatic N) is 6. The lowest BCUT2D eigenvalue weighted by Crippen LogP contribution is -2.37. The number of rotatable bonds is 11. The van der Waals surface area contributed by atoms with Gasteiger partial charge in [-0.3, -0.25) is 14.0 Å². The second-order valence-corrected chi connectivity index (χ2v) is 12.1. The summed E-state index contributed by atoms with van der Waals surface area (Å²) in [6.45, 7) is 0.638. The van der Waals surface area contributed by atoms with Crippen molar-refractivity contribution in [1.29, 1.82) is 0 Å². The van der Waals surface area contributed by atoms with Crippen molar-refractivity contribution in [2.45, 2.75) is 94.9 Å². The Morgan fingerprint density at radius 1 is 0.977 bits per heavy atom. The summed E-state index contributed by atoms with van der Waals surface area (Å²) in [5.74, 6) is -3.41. The summed E-state index contributed by atoms with van der Waals surface area (Å²) in [5, 5.41) is 14.1. The minimum absolute atomic E-state index is 0.0588. The number of fused-ring (bicyclic) bond motifs is 1. The van der Waals surface area contributed by atoms with E-state index < -0.39 is 48.8 Å². The van der Waals surface area contributed by atoms with Crippen molar-refractivity contribution in [1.82, 2.24) is 40.0 Å². The van der Waals surface area contributed by atoms with Gasteiger partial charge in [0, 0.05) is 31.7 Å². The largest absolute Gasteiger partial charge is 0.389 e. The van der Waals surface area contributed by atoms with Crippen molar-refractivity contribution < 1.29 is 31.5 Å². The van der Waals surface area contributed by atoms with Crippen LogP contribution in [0.25, 0.3) is 5.78 Å². The van der Waals surface area contributed by atoms with Gasteiger partial charge in [-0.15, -0.1) is 5.10 Å². The Kier molecular flexibility index (Phi) is 7.84. The molecule has 232 valence electrons. The molecule has 15 heteroatoms. The molecule has 0 radical (unpaired) electrons. The highest BCUT2D eigenvalue weighted by molar-refractivity contribution is 5.92. The Balaban J connectivity index is 1.22. The Morgan fingerprint density at radius 3 is 2.33 bits per heavy atom. The zero-order valence-corrected chi connectivity index (χ0v) is 23.4. The summed E-state index contributed by atoms with van der Waals surface area (Å²) in [4.78, 5) is 36.3. The van der Waals surface area contributed by atoms with Crippen LogP contribution >= 0.6 is 0 Å². The molecule has 0 saturated heterocycles. The highest BCUT2D eigenvalue weighted by Gasteiger charge is 2.40. The summed E-state index contributed by atoms with van der Waals surface area (Å²) in [7, 11) is 0. The molecule has 3 aliphatic carbocycles. The zero-order chi connectivity index (χ0) is 30.4. The van der Waals surface area contributed by atoms with E-state index in [0.717, 1.165) is 25.7 Å². The number of halogens is 5. The number of carbonyl (C=O) groups is 2. The van der Waals surface area contributed by atoms with Crippen LogP contribution in [0, 0.1) is 17.8 Å². The van der Waals surface area contributed by atoms with Crippen LogP contribution in [-0.4, -0.2) is 53.3 Å². The number of amides is 2. The fourth-order valence-corrected chi connectivity index (χ4v) is 5.66. The first-order chi connectivity index (χ1) is 20.4. The van der Waals surface area contributed by atoms with Crippen molar-refractivity contribution in [2.24, 2.45) is 17.8 Å². The van der Waals surface area contributed by atoms with Crippen LogP contribution in [0.4, 0.5) is 22.0 Å². The third-order valence-electron chi connectivity index (χ3n) is 8.46. The smallest absolute Gasteiger partial charge is 0.347 e. The number of imidazole rings is 1. The fourth-order valence-electron chi connectivity index (χ4n) is 5.66. The van der Waals surface area contributed by atoms with Gasteiger partial charge in [0.2, 0.25) is 17.6 Å². The molecule has 3 fully saturated rings. The fraction of sp³-hybridized carbons (Fsp3) is 0.643. The van der Waals surface area contributed by atoms with Gasteiger partial charge in [0.15, 0.2) is 5.69 Å². The van der Waals surface area contributed by atoms with E-state index in [1.54, 1.807) is 22.9 Å². The van der Waals surface area contributed by atoms with E-state index in [0.29, 0.717) is 23.9 Å². The maximum absolute atomic E-state index is 14.0. The van der Waals surface area contributed by atoms with E-state index in [4.69, 9.17) is 0 Å². The molecular formula is C28H33F5N8O2. The van der Waals surface area contributed by atoms with Crippen LogP contribution in [0.3, 0.4) is 0 Å². The third kappa shape index (κ3) is 7.47. The predicted octanol–water partition coefficient (Wildman–Crippen LogP) is 4.94. The minimum Gasteiger partial charge on any atom is -0.347 e. The maximum Gasteiger partial charge on any atom is 0.389 e. The third-order valence-corrected chi connectivity index (χ3v) is 8.46. The van der Waals surface area contributed by atoms with Crippen LogP contribution < -0.4 is 10.6 Å². The molecule has 0 spiro atoms. The first-order valence-corrected chi connectivity index (χ1v) is 14.7. The van der Waals surface area contributed by atoms with E-state index in [9.17, 15) is 31.5 Å². The van der Waals surface area contributed by atoms with Gasteiger partial charge in [-0.25, -0.2) is 18.7 Å². The molecule has 2 N–H and O–H groups in total. The molecule has 3 aliphatic rings. The van der Waals surface area contributed by atoms with Crippen LogP contribution in [0.15, 0.2) is 24.7 Å². The number of nitrogens with one attached hydrogen (secondary N) is 2. The molecule has 3 aromatic rings. The molecule has 2 amide bonds. The number of aromatic nitrogens is 6. The SMILES string of the molecule is O=C(CCC(F)(F)F)NC(c1ccn2cc(C(NC(=O)c3cnn(CC4CC4)n3)C3CCC(F)(F)CC3)nc2n1)C1CC1. The van der Waals surface area contributed by atoms with Crippen molar-refractivity contribution in [3.8, 4) is 0 Å². The van der Waals surface area contributed by atoms with Crippen LogP contribution in [-0.2, 0) is 11.3 Å². The molecule has 10 nitrogen and oxygen atoms in total. The number of carbonyl (C=O) groups excluding carboxylic acids is 2. The van der Waals surface area contributed by atoms with Gasteiger partial charge >= 0.3 is 6.18 Å². The van der Waals surface area contributed by atoms with Gasteiger partial charge in [-0.2, -0.15) is 23.1 Å². The Hall–Kier alpha value is -3.65. The van der Waals surface area contributed by atoms with Crippen molar-refractivity contribution in [3.63, 3.8) is 0 Å². The van der Waals surface area contributed by atoms with Crippen LogP contribution in [0.1, 0.15) is 98.2 Å². The number of hydrogen-bond acceptors (Lipinski definition) is 6. The monoisotopic (exact) mass is 608 g/mol. The van der Waals surface area contributed by atoms with Gasteiger partial charge in [0.1, 0.15) is 0 Å². The highest BCUT2D eigenvalue weighted by Crippen LogP contribution is 2.42. The molecule has 3 aromatic heterocycles. The molecule has 0 aromatic carbocycles. The van der Waals surface area contributed by atoms with E-state index in [1.807, 2.05) is 0 Å². The lowest BCUT2D eigenvalue weighted by Gasteiger charge is -2.33. The van der Waals surface area contributed by atoms with Crippen LogP contribution in [0.2, 0.25) is 0 Å². The number of alkyl halides is 5. The first kappa shape index (κ1) is 29.4. The second-order valence-electron chi connectivity index (χ2n) is 12.1. The molecule has 6 rings (SSSR count). The molecule has 3 saturated carbocycles. The Morgan fingerprint density at radius 2 is 1.65 bits per heavy atom. The minimum atomic E-state index is -4.43.